The molecule has 6 nitrogen and oxygen atoms in total. The Bertz CT molecular complexity index is 815. The monoisotopic (exact) mass is 366 g/mol. The van der Waals surface area contributed by atoms with E-state index in [1.807, 2.05) is 0 Å². The van der Waals surface area contributed by atoms with Crippen molar-refractivity contribution in [2.45, 2.75) is 0 Å². The third-order valence-electron chi connectivity index (χ3n) is 3.26. The second kappa shape index (κ2) is 6.82. The summed E-state index contributed by atoms with van der Waals surface area (Å²) < 4.78 is 0. The lowest BCUT2D eigenvalue weighted by atomic mass is 9.96. The Balaban J connectivity index is 2.64. The van der Waals surface area contributed by atoms with Crippen LogP contribution in [0.1, 0.15) is 41.4 Å². The highest BCUT2D eigenvalue weighted by Gasteiger charge is 2.19. The van der Waals surface area contributed by atoms with Crippen molar-refractivity contribution in [1.29, 1.82) is 0 Å². The number of halogens is 2. The van der Waals surface area contributed by atoms with E-state index < -0.39 is 22.4 Å². The summed E-state index contributed by atoms with van der Waals surface area (Å²) in [6, 6.07) is 7.70. The minimum atomic E-state index is -1.32. The van der Waals surface area contributed by atoms with Gasteiger partial charge < -0.3 is 10.2 Å². The van der Waals surface area contributed by atoms with Gasteiger partial charge in [-0.1, -0.05) is 12.1 Å². The Kier molecular flexibility index (Phi) is 5.02. The topological polar surface area (TPSA) is 109 Å². The van der Waals surface area contributed by atoms with Crippen LogP contribution in [0, 0.1) is 0 Å². The van der Waals surface area contributed by atoms with Gasteiger partial charge in [0.1, 0.15) is 0 Å². The number of hydrogen-bond donors (Lipinski definition) is 2. The second-order valence-corrected chi connectivity index (χ2v) is 5.37. The zero-order chi connectivity index (χ0) is 18.0. The highest BCUT2D eigenvalue weighted by atomic mass is 35.5. The minimum absolute atomic E-state index is 0.220. The Morgan fingerprint density at radius 1 is 0.625 bits per heavy atom. The summed E-state index contributed by atoms with van der Waals surface area (Å²) in [7, 11) is 0. The molecule has 0 fully saturated rings. The molecule has 0 saturated carbocycles. The van der Waals surface area contributed by atoms with Crippen LogP contribution in [0.3, 0.4) is 0 Å². The third kappa shape index (κ3) is 3.45. The van der Waals surface area contributed by atoms with Crippen molar-refractivity contribution in [3.05, 3.63) is 58.7 Å². The minimum Gasteiger partial charge on any atom is -0.478 e. The van der Waals surface area contributed by atoms with Crippen LogP contribution in [0.4, 0.5) is 0 Å². The number of benzene rings is 2. The van der Waals surface area contributed by atoms with Gasteiger partial charge in [-0.15, -0.1) is 0 Å². The molecule has 122 valence electrons. The van der Waals surface area contributed by atoms with Gasteiger partial charge in [0.05, 0.1) is 11.1 Å². The predicted molar refractivity (Wildman–Crippen MR) is 86.2 cm³/mol. The van der Waals surface area contributed by atoms with Crippen LogP contribution < -0.4 is 0 Å². The van der Waals surface area contributed by atoms with E-state index in [0.717, 1.165) is 0 Å². The van der Waals surface area contributed by atoms with E-state index in [1.165, 1.54) is 36.4 Å². The summed E-state index contributed by atoms with van der Waals surface area (Å²) in [5.41, 5.74) is -0.227. The van der Waals surface area contributed by atoms with E-state index in [2.05, 4.69) is 0 Å². The lowest BCUT2D eigenvalue weighted by Crippen LogP contribution is -2.06. The van der Waals surface area contributed by atoms with Crippen molar-refractivity contribution in [2.24, 2.45) is 0 Å². The fourth-order valence-corrected chi connectivity index (χ4v) is 2.46. The van der Waals surface area contributed by atoms with Gasteiger partial charge in [-0.25, -0.2) is 9.59 Å². The number of carboxylic acids is 2. The molecule has 2 rings (SSSR count). The lowest BCUT2D eigenvalue weighted by Gasteiger charge is -2.09. The number of aromatic carboxylic acids is 2. The Morgan fingerprint density at radius 3 is 1.21 bits per heavy atom. The van der Waals surface area contributed by atoms with E-state index in [4.69, 9.17) is 33.4 Å². The van der Waals surface area contributed by atoms with Gasteiger partial charge in [-0.2, -0.15) is 0 Å². The quantitative estimate of drug-likeness (QED) is 0.783. The van der Waals surface area contributed by atoms with Crippen LogP contribution in [0.15, 0.2) is 36.4 Å². The molecule has 0 atom stereocenters. The van der Waals surface area contributed by atoms with Crippen molar-refractivity contribution in [3.8, 4) is 11.1 Å². The summed E-state index contributed by atoms with van der Waals surface area (Å²) in [5, 5.41) is 16.2. The molecule has 0 aromatic heterocycles. The van der Waals surface area contributed by atoms with Crippen molar-refractivity contribution >= 4 is 45.6 Å². The first-order valence-corrected chi connectivity index (χ1v) is 7.12. The van der Waals surface area contributed by atoms with Crippen LogP contribution >= 0.6 is 23.2 Å². The first-order chi connectivity index (χ1) is 11.2. The molecule has 8 heteroatoms. The molecule has 0 spiro atoms. The Hall–Kier alpha value is -2.70. The van der Waals surface area contributed by atoms with E-state index in [1.54, 1.807) is 0 Å². The van der Waals surface area contributed by atoms with Gasteiger partial charge in [0, 0.05) is 11.1 Å². The van der Waals surface area contributed by atoms with Crippen molar-refractivity contribution in [2.75, 3.05) is 0 Å². The Labute approximate surface area is 145 Å². The molecular weight excluding hydrogens is 359 g/mol. The fourth-order valence-electron chi connectivity index (χ4n) is 2.15. The van der Waals surface area contributed by atoms with Gasteiger partial charge >= 0.3 is 11.9 Å². The molecule has 0 aliphatic rings. The average molecular weight is 367 g/mol. The molecule has 2 aromatic carbocycles. The molecular formula is C16H8Cl2O6. The largest absolute Gasteiger partial charge is 0.478 e. The van der Waals surface area contributed by atoms with Gasteiger partial charge in [0.2, 0.25) is 0 Å². The maximum Gasteiger partial charge on any atom is 0.336 e. The molecule has 0 saturated heterocycles. The zero-order valence-electron chi connectivity index (χ0n) is 11.7. The molecule has 2 aromatic rings. The first kappa shape index (κ1) is 17.7. The van der Waals surface area contributed by atoms with Crippen molar-refractivity contribution < 1.29 is 29.4 Å². The second-order valence-electron chi connectivity index (χ2n) is 4.68. The van der Waals surface area contributed by atoms with Crippen LogP contribution in [0.5, 0.6) is 0 Å². The number of carbonyl (C=O) groups excluding carboxylic acids is 2. The highest BCUT2D eigenvalue weighted by Crippen LogP contribution is 2.27. The maximum atomic E-state index is 11.4. The van der Waals surface area contributed by atoms with Crippen LogP contribution in [0.25, 0.3) is 11.1 Å². The summed E-state index contributed by atoms with van der Waals surface area (Å²) in [6.07, 6.45) is 0. The van der Waals surface area contributed by atoms with Crippen molar-refractivity contribution in [3.63, 3.8) is 0 Å². The summed E-state index contributed by atoms with van der Waals surface area (Å²) in [6.45, 7) is 0. The van der Waals surface area contributed by atoms with Crippen LogP contribution in [0.2, 0.25) is 0 Å². The number of rotatable bonds is 5. The zero-order valence-corrected chi connectivity index (χ0v) is 13.3. The highest BCUT2D eigenvalue weighted by molar-refractivity contribution is 6.68. The van der Waals surface area contributed by atoms with E-state index in [0.29, 0.717) is 11.1 Å². The van der Waals surface area contributed by atoms with E-state index in [9.17, 15) is 19.2 Å². The Morgan fingerprint density at radius 2 is 0.958 bits per heavy atom. The molecule has 2 N–H and O–H groups in total. The van der Waals surface area contributed by atoms with E-state index in [-0.39, 0.29) is 22.3 Å². The number of carboxylic acid groups (broad SMARTS) is 2. The normalized spacial score (nSPS) is 10.2. The first-order valence-electron chi connectivity index (χ1n) is 6.37. The number of carbonyl (C=O) groups is 4. The summed E-state index contributed by atoms with van der Waals surface area (Å²) in [4.78, 5) is 45.0. The van der Waals surface area contributed by atoms with Crippen LogP contribution in [-0.2, 0) is 0 Å². The fraction of sp³-hybridized carbons (Fsp3) is 0. The van der Waals surface area contributed by atoms with Gasteiger partial charge in [0.15, 0.2) is 0 Å². The molecule has 0 bridgehead atoms. The smallest absolute Gasteiger partial charge is 0.336 e. The number of hydrogen-bond acceptors (Lipinski definition) is 4. The van der Waals surface area contributed by atoms with Crippen molar-refractivity contribution in [1.82, 2.24) is 0 Å². The van der Waals surface area contributed by atoms with Gasteiger partial charge in [0.25, 0.3) is 10.5 Å². The maximum absolute atomic E-state index is 11.4. The molecule has 0 aliphatic carbocycles. The van der Waals surface area contributed by atoms with Gasteiger partial charge in [-0.05, 0) is 58.6 Å². The molecule has 24 heavy (non-hydrogen) atoms. The summed E-state index contributed by atoms with van der Waals surface area (Å²) in [5.74, 6) is -2.63. The average Bonchev–Trinajstić information content (AvgIpc) is 2.53. The summed E-state index contributed by atoms with van der Waals surface area (Å²) >= 11 is 10.8. The third-order valence-corrected chi connectivity index (χ3v) is 3.66. The molecule has 0 heterocycles. The molecule has 0 unspecified atom stereocenters. The van der Waals surface area contributed by atoms with E-state index >= 15 is 0 Å². The molecule has 0 aliphatic heterocycles. The SMILES string of the molecule is O=C(O)c1ccc(-c2ccc(C(=O)O)c(C(=O)Cl)c2)cc1C(=O)Cl. The predicted octanol–water partition coefficient (Wildman–Crippen LogP) is 3.51. The lowest BCUT2D eigenvalue weighted by molar-refractivity contribution is 0.0684. The van der Waals surface area contributed by atoms with Crippen LogP contribution in [-0.4, -0.2) is 32.6 Å². The molecule has 0 amide bonds. The standard InChI is InChI=1S/C16H8Cl2O6/c17-13(19)11-5-7(1-3-9(11)15(21)22)8-2-4-10(16(23)24)12(6-8)14(18)20/h1-6H,(H,21,22)(H,23,24). The van der Waals surface area contributed by atoms with Gasteiger partial charge in [-0.3, -0.25) is 9.59 Å². The molecule has 0 radical (unpaired) electrons.